The Hall–Kier alpha value is -3.48. The maximum Gasteiger partial charge on any atom is 0.306 e. The zero-order valence-electron chi connectivity index (χ0n) is 17.9. The number of nitrogens with zero attached hydrogens (tertiary/aromatic N) is 1. The molecule has 3 rings (SSSR count). The van der Waals surface area contributed by atoms with Crippen molar-refractivity contribution in [2.24, 2.45) is 0 Å². The summed E-state index contributed by atoms with van der Waals surface area (Å²) in [5.41, 5.74) is 2.54. The minimum absolute atomic E-state index is 0.00584. The molecule has 7 nitrogen and oxygen atoms in total. The molecule has 0 radical (unpaired) electrons. The smallest absolute Gasteiger partial charge is 0.306 e. The van der Waals surface area contributed by atoms with Gasteiger partial charge in [-0.05, 0) is 49.1 Å². The molecule has 0 aliphatic carbocycles. The van der Waals surface area contributed by atoms with Crippen molar-refractivity contribution in [2.45, 2.75) is 45.6 Å². The van der Waals surface area contributed by atoms with E-state index in [1.807, 2.05) is 24.3 Å². The molecule has 0 saturated heterocycles. The van der Waals surface area contributed by atoms with E-state index in [1.54, 1.807) is 24.3 Å². The second-order valence-corrected chi connectivity index (χ2v) is 7.81. The number of esters is 1. The van der Waals surface area contributed by atoms with Gasteiger partial charge in [0, 0.05) is 18.7 Å². The van der Waals surface area contributed by atoms with Gasteiger partial charge in [0.15, 0.2) is 6.10 Å². The van der Waals surface area contributed by atoms with Gasteiger partial charge in [0.05, 0.1) is 11.1 Å². The monoisotopic (exact) mass is 422 g/mol. The van der Waals surface area contributed by atoms with Gasteiger partial charge in [0.25, 0.3) is 17.7 Å². The van der Waals surface area contributed by atoms with E-state index in [0.717, 1.165) is 10.5 Å². The van der Waals surface area contributed by atoms with E-state index in [0.29, 0.717) is 22.7 Å². The summed E-state index contributed by atoms with van der Waals surface area (Å²) in [6, 6.07) is 14.1. The average molecular weight is 422 g/mol. The van der Waals surface area contributed by atoms with Crippen molar-refractivity contribution in [3.05, 3.63) is 65.2 Å². The van der Waals surface area contributed by atoms with Gasteiger partial charge in [0.2, 0.25) is 0 Å². The van der Waals surface area contributed by atoms with Crippen molar-refractivity contribution in [2.75, 3.05) is 11.9 Å². The Bertz CT molecular complexity index is 962. The number of hydrogen-bond acceptors (Lipinski definition) is 5. The maximum absolute atomic E-state index is 12.3. The van der Waals surface area contributed by atoms with Gasteiger partial charge in [-0.25, -0.2) is 0 Å². The molecule has 1 aliphatic heterocycles. The quantitative estimate of drug-likeness (QED) is 0.517. The first-order valence-electron chi connectivity index (χ1n) is 10.3. The van der Waals surface area contributed by atoms with Crippen molar-refractivity contribution in [1.29, 1.82) is 0 Å². The van der Waals surface area contributed by atoms with Gasteiger partial charge < -0.3 is 10.1 Å². The number of hydrogen-bond donors (Lipinski definition) is 1. The number of imide groups is 1. The SMILES string of the molecule is CC(C)c1ccc(NC(=O)[C@@H](C)OC(=O)CCCN2C(=O)c3ccccc3C2=O)cc1. The Morgan fingerprint density at radius 3 is 2.06 bits per heavy atom. The molecule has 31 heavy (non-hydrogen) atoms. The molecule has 0 fully saturated rings. The zero-order chi connectivity index (χ0) is 22.5. The highest BCUT2D eigenvalue weighted by atomic mass is 16.5. The third kappa shape index (κ3) is 5.17. The lowest BCUT2D eigenvalue weighted by molar-refractivity contribution is -0.153. The zero-order valence-corrected chi connectivity index (χ0v) is 17.9. The fraction of sp³-hybridized carbons (Fsp3) is 0.333. The van der Waals surface area contributed by atoms with Crippen LogP contribution in [-0.4, -0.2) is 41.2 Å². The number of amides is 3. The highest BCUT2D eigenvalue weighted by Gasteiger charge is 2.34. The summed E-state index contributed by atoms with van der Waals surface area (Å²) >= 11 is 0. The van der Waals surface area contributed by atoms with E-state index in [2.05, 4.69) is 19.2 Å². The molecule has 2 aromatic carbocycles. The fourth-order valence-electron chi connectivity index (χ4n) is 3.33. The molecule has 7 heteroatoms. The van der Waals surface area contributed by atoms with Gasteiger partial charge in [-0.2, -0.15) is 0 Å². The van der Waals surface area contributed by atoms with Crippen LogP contribution in [0.25, 0.3) is 0 Å². The molecule has 1 N–H and O–H groups in total. The van der Waals surface area contributed by atoms with Gasteiger partial charge >= 0.3 is 5.97 Å². The van der Waals surface area contributed by atoms with Gasteiger partial charge in [-0.15, -0.1) is 0 Å². The summed E-state index contributed by atoms with van der Waals surface area (Å²) in [7, 11) is 0. The van der Waals surface area contributed by atoms with Crippen molar-refractivity contribution in [3.63, 3.8) is 0 Å². The first-order chi connectivity index (χ1) is 14.8. The molecule has 0 bridgehead atoms. The van der Waals surface area contributed by atoms with Crippen LogP contribution in [0.4, 0.5) is 5.69 Å². The Morgan fingerprint density at radius 1 is 0.935 bits per heavy atom. The van der Waals surface area contributed by atoms with Crippen LogP contribution >= 0.6 is 0 Å². The maximum atomic E-state index is 12.3. The Balaban J connectivity index is 1.44. The van der Waals surface area contributed by atoms with Crippen LogP contribution < -0.4 is 5.32 Å². The molecule has 0 saturated carbocycles. The molecule has 2 aromatic rings. The summed E-state index contributed by atoms with van der Waals surface area (Å²) in [5, 5.41) is 2.72. The summed E-state index contributed by atoms with van der Waals surface area (Å²) in [4.78, 5) is 50.1. The van der Waals surface area contributed by atoms with Crippen LogP contribution in [-0.2, 0) is 14.3 Å². The molecule has 3 amide bonds. The highest BCUT2D eigenvalue weighted by Crippen LogP contribution is 2.22. The number of ether oxygens (including phenoxy) is 1. The Morgan fingerprint density at radius 2 is 1.52 bits per heavy atom. The van der Waals surface area contributed by atoms with Crippen molar-refractivity contribution in [3.8, 4) is 0 Å². The lowest BCUT2D eigenvalue weighted by Crippen LogP contribution is -2.32. The fourth-order valence-corrected chi connectivity index (χ4v) is 3.33. The lowest BCUT2D eigenvalue weighted by atomic mass is 10.0. The average Bonchev–Trinajstić information content (AvgIpc) is 2.99. The number of nitrogens with one attached hydrogen (secondary N) is 1. The van der Waals surface area contributed by atoms with Crippen LogP contribution in [0, 0.1) is 0 Å². The van der Waals surface area contributed by atoms with Crippen LogP contribution in [0.3, 0.4) is 0 Å². The molecular weight excluding hydrogens is 396 g/mol. The highest BCUT2D eigenvalue weighted by molar-refractivity contribution is 6.21. The van der Waals surface area contributed by atoms with Crippen LogP contribution in [0.2, 0.25) is 0 Å². The van der Waals surface area contributed by atoms with E-state index >= 15 is 0 Å². The van der Waals surface area contributed by atoms with Gasteiger partial charge in [-0.1, -0.05) is 38.1 Å². The van der Waals surface area contributed by atoms with Crippen molar-refractivity contribution in [1.82, 2.24) is 4.90 Å². The molecule has 162 valence electrons. The number of anilines is 1. The Kier molecular flexibility index (Phi) is 6.84. The number of carbonyl (C=O) groups is 4. The Labute approximate surface area is 181 Å². The minimum atomic E-state index is -0.961. The van der Waals surface area contributed by atoms with Crippen molar-refractivity contribution >= 4 is 29.4 Å². The summed E-state index contributed by atoms with van der Waals surface area (Å²) in [6.07, 6.45) is -0.708. The van der Waals surface area contributed by atoms with Gasteiger partial charge in [-0.3, -0.25) is 24.1 Å². The third-order valence-electron chi connectivity index (χ3n) is 5.16. The van der Waals surface area contributed by atoms with Crippen LogP contribution in [0.1, 0.15) is 65.8 Å². The van der Waals surface area contributed by atoms with E-state index < -0.39 is 18.0 Å². The largest absolute Gasteiger partial charge is 0.453 e. The van der Waals surface area contributed by atoms with E-state index in [9.17, 15) is 19.2 Å². The summed E-state index contributed by atoms with van der Waals surface area (Å²) in [5.74, 6) is -1.30. The topological polar surface area (TPSA) is 92.8 Å². The summed E-state index contributed by atoms with van der Waals surface area (Å²) in [6.45, 7) is 5.79. The normalized spacial score (nSPS) is 13.9. The third-order valence-corrected chi connectivity index (χ3v) is 5.16. The molecule has 1 heterocycles. The minimum Gasteiger partial charge on any atom is -0.453 e. The predicted molar refractivity (Wildman–Crippen MR) is 116 cm³/mol. The molecule has 0 aromatic heterocycles. The number of benzene rings is 2. The lowest BCUT2D eigenvalue weighted by Gasteiger charge is -2.15. The molecule has 0 spiro atoms. The van der Waals surface area contributed by atoms with Crippen LogP contribution in [0.15, 0.2) is 48.5 Å². The van der Waals surface area contributed by atoms with E-state index in [-0.39, 0.29) is 31.2 Å². The number of fused-ring (bicyclic) bond motifs is 1. The van der Waals surface area contributed by atoms with Crippen LogP contribution in [0.5, 0.6) is 0 Å². The van der Waals surface area contributed by atoms with Gasteiger partial charge in [0.1, 0.15) is 0 Å². The predicted octanol–water partition coefficient (Wildman–Crippen LogP) is 3.76. The van der Waals surface area contributed by atoms with Crippen molar-refractivity contribution < 1.29 is 23.9 Å². The molecule has 1 atom stereocenters. The molecule has 1 aliphatic rings. The number of rotatable bonds is 8. The first kappa shape index (κ1) is 22.2. The number of carbonyl (C=O) groups excluding carboxylic acids is 4. The second-order valence-electron chi connectivity index (χ2n) is 7.81. The van der Waals surface area contributed by atoms with E-state index in [1.165, 1.54) is 6.92 Å². The standard InChI is InChI=1S/C24H26N2O5/c1-15(2)17-10-12-18(13-11-17)25-22(28)16(3)31-21(27)9-6-14-26-23(29)19-7-4-5-8-20(19)24(26)30/h4-5,7-8,10-13,15-16H,6,9,14H2,1-3H3,(H,25,28)/t16-/m1/s1. The molecular formula is C24H26N2O5. The first-order valence-corrected chi connectivity index (χ1v) is 10.3. The molecule has 0 unspecified atom stereocenters. The summed E-state index contributed by atoms with van der Waals surface area (Å²) < 4.78 is 5.19. The van der Waals surface area contributed by atoms with E-state index in [4.69, 9.17) is 4.74 Å². The second kappa shape index (κ2) is 9.55.